The molecule has 0 aliphatic carbocycles. The second-order valence-corrected chi connectivity index (χ2v) is 14.2. The average molecular weight is 951 g/mol. The summed E-state index contributed by atoms with van der Waals surface area (Å²) in [7, 11) is 0. The first-order chi connectivity index (χ1) is 32.3. The Labute approximate surface area is 390 Å². The summed E-state index contributed by atoms with van der Waals surface area (Å²) in [6.45, 7) is 24.2. The minimum Gasteiger partial charge on any atom is -0.379 e. The molecular weight excluding hydrogens is 860 g/mol. The first-order valence-corrected chi connectivity index (χ1v) is 24.0. The van der Waals surface area contributed by atoms with E-state index >= 15 is 0 Å². The van der Waals surface area contributed by atoms with Gasteiger partial charge in [0.05, 0.1) is 204 Å². The maximum absolute atomic E-state index is 6.02. The standard InChI is InChI=1S/C45H90O20/c1-4-46-13-15-50-21-22-54-27-28-57-31-29-55-25-23-52-19-17-48-10-8-11-49-18-20-53-24-26-56-30-32-58-33-34-59-35-36-60-39-40-62-43(3)41-64-45(65-44-9-6-7-12-63-44)42-61-38-37-51-16-14-47-5-2/h43-45H,4-42H2,1-3H3. The van der Waals surface area contributed by atoms with Gasteiger partial charge in [-0.1, -0.05) is 0 Å². The lowest BCUT2D eigenvalue weighted by Crippen LogP contribution is -2.34. The van der Waals surface area contributed by atoms with Gasteiger partial charge < -0.3 is 94.7 Å². The van der Waals surface area contributed by atoms with E-state index in [1.807, 2.05) is 20.8 Å². The molecule has 3 atom stereocenters. The van der Waals surface area contributed by atoms with Crippen molar-refractivity contribution >= 4 is 0 Å². The molecule has 0 aromatic rings. The predicted molar refractivity (Wildman–Crippen MR) is 239 cm³/mol. The van der Waals surface area contributed by atoms with Gasteiger partial charge in [-0.05, 0) is 46.5 Å². The number of rotatable bonds is 56. The van der Waals surface area contributed by atoms with Gasteiger partial charge in [0.25, 0.3) is 0 Å². The van der Waals surface area contributed by atoms with Crippen molar-refractivity contribution in [3.05, 3.63) is 0 Å². The van der Waals surface area contributed by atoms with Crippen molar-refractivity contribution in [1.82, 2.24) is 0 Å². The van der Waals surface area contributed by atoms with Crippen LogP contribution in [0.4, 0.5) is 0 Å². The summed E-state index contributed by atoms with van der Waals surface area (Å²) in [6.07, 6.45) is 2.77. The number of hydrogen-bond donors (Lipinski definition) is 0. The third-order valence-corrected chi connectivity index (χ3v) is 8.66. The van der Waals surface area contributed by atoms with Crippen molar-refractivity contribution < 1.29 is 94.7 Å². The molecule has 1 saturated heterocycles. The maximum atomic E-state index is 6.02. The zero-order chi connectivity index (χ0) is 46.5. The lowest BCUT2D eigenvalue weighted by atomic mass is 10.2. The molecule has 1 aliphatic rings. The fourth-order valence-electron chi connectivity index (χ4n) is 5.30. The molecule has 3 unspecified atom stereocenters. The van der Waals surface area contributed by atoms with Gasteiger partial charge in [0.1, 0.15) is 0 Å². The van der Waals surface area contributed by atoms with Crippen LogP contribution in [0.15, 0.2) is 0 Å². The summed E-state index contributed by atoms with van der Waals surface area (Å²) >= 11 is 0. The highest BCUT2D eigenvalue weighted by molar-refractivity contribution is 4.57. The molecule has 0 spiro atoms. The van der Waals surface area contributed by atoms with Gasteiger partial charge in [-0.15, -0.1) is 0 Å². The summed E-state index contributed by atoms with van der Waals surface area (Å²) < 4.78 is 112. The van der Waals surface area contributed by atoms with E-state index in [-0.39, 0.29) is 19.0 Å². The van der Waals surface area contributed by atoms with E-state index in [2.05, 4.69) is 0 Å². The normalized spacial score (nSPS) is 15.3. The third kappa shape index (κ3) is 49.4. The molecule has 1 fully saturated rings. The largest absolute Gasteiger partial charge is 0.379 e. The van der Waals surface area contributed by atoms with Crippen LogP contribution >= 0.6 is 0 Å². The van der Waals surface area contributed by atoms with E-state index in [1.165, 1.54) is 0 Å². The average Bonchev–Trinajstić information content (AvgIpc) is 3.32. The van der Waals surface area contributed by atoms with Crippen molar-refractivity contribution in [2.45, 2.75) is 65.1 Å². The molecule has 1 rings (SSSR count). The van der Waals surface area contributed by atoms with E-state index in [0.717, 1.165) is 25.7 Å². The molecule has 1 heterocycles. The van der Waals surface area contributed by atoms with Crippen LogP contribution in [0.25, 0.3) is 0 Å². The van der Waals surface area contributed by atoms with E-state index in [9.17, 15) is 0 Å². The Balaban J connectivity index is 1.74. The van der Waals surface area contributed by atoms with E-state index in [0.29, 0.717) is 225 Å². The van der Waals surface area contributed by atoms with Crippen LogP contribution in [-0.2, 0) is 94.7 Å². The van der Waals surface area contributed by atoms with E-state index in [1.54, 1.807) is 0 Å². The highest BCUT2D eigenvalue weighted by Crippen LogP contribution is 2.16. The smallest absolute Gasteiger partial charge is 0.184 e. The molecule has 390 valence electrons. The van der Waals surface area contributed by atoms with Crippen molar-refractivity contribution in [2.24, 2.45) is 0 Å². The fraction of sp³-hybridized carbons (Fsp3) is 1.00. The van der Waals surface area contributed by atoms with Crippen LogP contribution in [0.1, 0.15) is 46.5 Å². The van der Waals surface area contributed by atoms with Crippen molar-refractivity contribution in [3.8, 4) is 0 Å². The monoisotopic (exact) mass is 951 g/mol. The first kappa shape index (κ1) is 62.2. The molecule has 0 amide bonds. The number of hydrogen-bond acceptors (Lipinski definition) is 20. The molecule has 0 aromatic heterocycles. The zero-order valence-corrected chi connectivity index (χ0v) is 40.5. The molecule has 1 aliphatic heterocycles. The Hall–Kier alpha value is -0.800. The van der Waals surface area contributed by atoms with Crippen LogP contribution in [-0.4, -0.2) is 250 Å². The maximum Gasteiger partial charge on any atom is 0.184 e. The Kier molecular flexibility index (Phi) is 51.8. The van der Waals surface area contributed by atoms with E-state index in [4.69, 9.17) is 94.7 Å². The number of ether oxygens (including phenoxy) is 20. The second kappa shape index (κ2) is 54.1. The highest BCUT2D eigenvalue weighted by atomic mass is 16.8. The lowest BCUT2D eigenvalue weighted by Gasteiger charge is -2.28. The van der Waals surface area contributed by atoms with Crippen molar-refractivity contribution in [3.63, 3.8) is 0 Å². The molecule has 65 heavy (non-hydrogen) atoms. The van der Waals surface area contributed by atoms with Crippen molar-refractivity contribution in [2.75, 3.05) is 231 Å². The molecular formula is C45H90O20. The Morgan fingerprint density at radius 3 is 1.02 bits per heavy atom. The summed E-state index contributed by atoms with van der Waals surface area (Å²) in [5, 5.41) is 0. The van der Waals surface area contributed by atoms with Gasteiger partial charge in [0, 0.05) is 33.0 Å². The van der Waals surface area contributed by atoms with Crippen LogP contribution in [0.3, 0.4) is 0 Å². The SMILES string of the molecule is CCOCCOCCOCCOCCOCCOCCOCCCOCCOCCOCCOCCOCCOCCOC(C)COC(COCCOCCOCC)OC1CCCCO1. The van der Waals surface area contributed by atoms with Crippen LogP contribution in [0.5, 0.6) is 0 Å². The minimum absolute atomic E-state index is 0.148. The molecule has 0 N–H and O–H groups in total. The quantitative estimate of drug-likeness (QED) is 0.0640. The highest BCUT2D eigenvalue weighted by Gasteiger charge is 2.21. The van der Waals surface area contributed by atoms with Crippen LogP contribution < -0.4 is 0 Å². The van der Waals surface area contributed by atoms with Crippen LogP contribution in [0.2, 0.25) is 0 Å². The van der Waals surface area contributed by atoms with Gasteiger partial charge in [0.2, 0.25) is 0 Å². The molecule has 0 radical (unpaired) electrons. The second-order valence-electron chi connectivity index (χ2n) is 14.2. The van der Waals surface area contributed by atoms with Gasteiger partial charge in [0.15, 0.2) is 12.6 Å². The first-order valence-electron chi connectivity index (χ1n) is 24.0. The topological polar surface area (TPSA) is 185 Å². The predicted octanol–water partition coefficient (Wildman–Crippen LogP) is 2.97. The summed E-state index contributed by atoms with van der Waals surface area (Å²) in [6, 6.07) is 0. The molecule has 20 nitrogen and oxygen atoms in total. The third-order valence-electron chi connectivity index (χ3n) is 8.66. The van der Waals surface area contributed by atoms with Crippen LogP contribution in [0, 0.1) is 0 Å². The van der Waals surface area contributed by atoms with Gasteiger partial charge in [-0.25, -0.2) is 0 Å². The summed E-state index contributed by atoms with van der Waals surface area (Å²) in [4.78, 5) is 0. The lowest BCUT2D eigenvalue weighted by molar-refractivity contribution is -0.273. The summed E-state index contributed by atoms with van der Waals surface area (Å²) in [5.74, 6) is 0. The van der Waals surface area contributed by atoms with Gasteiger partial charge in [-0.3, -0.25) is 0 Å². The summed E-state index contributed by atoms with van der Waals surface area (Å²) in [5.41, 5.74) is 0. The molecule has 0 bridgehead atoms. The van der Waals surface area contributed by atoms with Crippen molar-refractivity contribution in [1.29, 1.82) is 0 Å². The van der Waals surface area contributed by atoms with E-state index < -0.39 is 6.29 Å². The fourth-order valence-corrected chi connectivity index (χ4v) is 5.30. The zero-order valence-electron chi connectivity index (χ0n) is 40.5. The Morgan fingerprint density at radius 2 is 0.677 bits per heavy atom. The molecule has 0 aromatic carbocycles. The molecule has 20 heteroatoms. The minimum atomic E-state index is -0.558. The Bertz CT molecular complexity index is 880. The van der Waals surface area contributed by atoms with Gasteiger partial charge >= 0.3 is 0 Å². The molecule has 0 saturated carbocycles. The van der Waals surface area contributed by atoms with Gasteiger partial charge in [-0.2, -0.15) is 0 Å². The Morgan fingerprint density at radius 1 is 0.354 bits per heavy atom.